The first-order valence-electron chi connectivity index (χ1n) is 2.77. The van der Waals surface area contributed by atoms with Crippen molar-refractivity contribution < 1.29 is 4.79 Å². The highest BCUT2D eigenvalue weighted by molar-refractivity contribution is 6.37. The average Bonchev–Trinajstić information content (AvgIpc) is 1.83. The van der Waals surface area contributed by atoms with Crippen LogP contribution in [-0.4, -0.2) is 23.2 Å². The molecule has 0 spiro atoms. The second kappa shape index (κ2) is 2.76. The number of rotatable bonds is 0. The number of carbonyl (C=O) groups is 1. The average molecular weight is 168 g/mol. The minimum Gasteiger partial charge on any atom is -0.355 e. The molecule has 0 aromatic heterocycles. The summed E-state index contributed by atoms with van der Waals surface area (Å²) in [4.78, 5) is 10.7. The Hall–Kier alpha value is 0.0500. The molecule has 1 aliphatic heterocycles. The molecule has 0 radical (unpaired) electrons. The Kier molecular flexibility index (Phi) is 2.19. The molecule has 4 heteroatoms. The lowest BCUT2D eigenvalue weighted by Gasteiger charge is -2.21. The minimum atomic E-state index is -0.541. The summed E-state index contributed by atoms with van der Waals surface area (Å²) in [6.07, 6.45) is 0.765. The summed E-state index contributed by atoms with van der Waals surface area (Å²) in [6, 6.07) is 0. The highest BCUT2D eigenvalue weighted by atomic mass is 35.5. The van der Waals surface area contributed by atoms with Gasteiger partial charge >= 0.3 is 0 Å². The second-order valence-electron chi connectivity index (χ2n) is 2.00. The highest BCUT2D eigenvalue weighted by Gasteiger charge is 2.27. The van der Waals surface area contributed by atoms with E-state index in [-0.39, 0.29) is 11.3 Å². The van der Waals surface area contributed by atoms with Crippen molar-refractivity contribution in [2.24, 2.45) is 0 Å². The van der Waals surface area contributed by atoms with Crippen molar-refractivity contribution in [3.63, 3.8) is 0 Å². The molecule has 0 aromatic carbocycles. The number of halogens is 2. The topological polar surface area (TPSA) is 29.1 Å². The van der Waals surface area contributed by atoms with Gasteiger partial charge in [-0.15, -0.1) is 23.2 Å². The Labute approximate surface area is 63.5 Å². The van der Waals surface area contributed by atoms with Gasteiger partial charge in [0.15, 0.2) is 0 Å². The molecule has 0 aliphatic carbocycles. The lowest BCUT2D eigenvalue weighted by molar-refractivity contribution is -0.121. The Morgan fingerprint density at radius 1 is 1.56 bits per heavy atom. The molecule has 1 amide bonds. The molecule has 0 aromatic rings. The van der Waals surface area contributed by atoms with Gasteiger partial charge in [0.1, 0.15) is 5.38 Å². The first-order valence-corrected chi connectivity index (χ1v) is 3.65. The van der Waals surface area contributed by atoms with Crippen molar-refractivity contribution in [1.82, 2.24) is 5.32 Å². The molecule has 1 rings (SSSR count). The molecule has 1 saturated heterocycles. The monoisotopic (exact) mass is 167 g/mol. The van der Waals surface area contributed by atoms with Crippen LogP contribution >= 0.6 is 23.2 Å². The maximum absolute atomic E-state index is 10.7. The van der Waals surface area contributed by atoms with Crippen LogP contribution in [0.15, 0.2) is 0 Å². The zero-order chi connectivity index (χ0) is 6.85. The lowest BCUT2D eigenvalue weighted by atomic mass is 10.1. The van der Waals surface area contributed by atoms with Crippen molar-refractivity contribution >= 4 is 29.1 Å². The number of hydrogen-bond acceptors (Lipinski definition) is 1. The Bertz CT molecular complexity index is 128. The van der Waals surface area contributed by atoms with Crippen molar-refractivity contribution in [3.8, 4) is 0 Å². The minimum absolute atomic E-state index is 0.150. The number of nitrogens with one attached hydrogen (secondary N) is 1. The molecule has 2 unspecified atom stereocenters. The summed E-state index contributed by atoms with van der Waals surface area (Å²) in [6.45, 7) is 0.649. The summed E-state index contributed by atoms with van der Waals surface area (Å²) < 4.78 is 0. The summed E-state index contributed by atoms with van der Waals surface area (Å²) >= 11 is 11.2. The molecular weight excluding hydrogens is 161 g/mol. The fourth-order valence-corrected chi connectivity index (χ4v) is 1.17. The smallest absolute Gasteiger partial charge is 0.239 e. The van der Waals surface area contributed by atoms with E-state index in [4.69, 9.17) is 23.2 Å². The molecule has 1 aliphatic rings. The van der Waals surface area contributed by atoms with Crippen LogP contribution in [0.2, 0.25) is 0 Å². The van der Waals surface area contributed by atoms with Gasteiger partial charge < -0.3 is 5.32 Å². The van der Waals surface area contributed by atoms with Gasteiger partial charge in [-0.25, -0.2) is 0 Å². The fourth-order valence-electron chi connectivity index (χ4n) is 0.741. The maximum atomic E-state index is 10.7. The van der Waals surface area contributed by atoms with Crippen molar-refractivity contribution in [2.75, 3.05) is 6.54 Å². The summed E-state index contributed by atoms with van der Waals surface area (Å²) in [7, 11) is 0. The molecule has 1 fully saturated rings. The summed E-state index contributed by atoms with van der Waals surface area (Å²) in [5.74, 6) is -0.150. The molecular formula is C5H7Cl2NO. The third kappa shape index (κ3) is 1.49. The molecule has 2 atom stereocenters. The van der Waals surface area contributed by atoms with E-state index < -0.39 is 5.38 Å². The van der Waals surface area contributed by atoms with E-state index in [9.17, 15) is 4.79 Å². The van der Waals surface area contributed by atoms with Crippen LogP contribution in [0.5, 0.6) is 0 Å². The third-order valence-corrected chi connectivity index (χ3v) is 2.39. The van der Waals surface area contributed by atoms with E-state index in [2.05, 4.69) is 5.32 Å². The summed E-state index contributed by atoms with van der Waals surface area (Å²) in [5.41, 5.74) is 0. The van der Waals surface area contributed by atoms with Gasteiger partial charge in [0.2, 0.25) is 5.91 Å². The van der Waals surface area contributed by atoms with Gasteiger partial charge in [0.05, 0.1) is 5.38 Å². The third-order valence-electron chi connectivity index (χ3n) is 1.29. The quantitative estimate of drug-likeness (QED) is 0.530. The van der Waals surface area contributed by atoms with Gasteiger partial charge in [-0.1, -0.05) is 0 Å². The van der Waals surface area contributed by atoms with Crippen LogP contribution in [0.3, 0.4) is 0 Å². The Balaban J connectivity index is 2.51. The number of amides is 1. The van der Waals surface area contributed by atoms with E-state index in [0.29, 0.717) is 6.54 Å². The van der Waals surface area contributed by atoms with Crippen LogP contribution in [0.4, 0.5) is 0 Å². The Morgan fingerprint density at radius 3 is 2.67 bits per heavy atom. The fraction of sp³-hybridized carbons (Fsp3) is 0.800. The molecule has 0 saturated carbocycles. The molecule has 9 heavy (non-hydrogen) atoms. The van der Waals surface area contributed by atoms with Crippen LogP contribution < -0.4 is 5.32 Å². The molecule has 0 bridgehead atoms. The summed E-state index contributed by atoms with van der Waals surface area (Å²) in [5, 5.41) is 1.87. The van der Waals surface area contributed by atoms with Gasteiger partial charge in [0.25, 0.3) is 0 Å². The maximum Gasteiger partial charge on any atom is 0.239 e. The number of alkyl halides is 2. The van der Waals surface area contributed by atoms with Crippen LogP contribution in [0.25, 0.3) is 0 Å². The van der Waals surface area contributed by atoms with E-state index >= 15 is 0 Å². The van der Waals surface area contributed by atoms with E-state index in [1.807, 2.05) is 0 Å². The zero-order valence-electron chi connectivity index (χ0n) is 4.73. The molecule has 1 N–H and O–H groups in total. The van der Waals surface area contributed by atoms with Gasteiger partial charge in [-0.3, -0.25) is 4.79 Å². The van der Waals surface area contributed by atoms with E-state index in [0.717, 1.165) is 6.42 Å². The molecule has 1 heterocycles. The predicted molar refractivity (Wildman–Crippen MR) is 36.9 cm³/mol. The SMILES string of the molecule is O=C1NCCC(Cl)C1Cl. The van der Waals surface area contributed by atoms with Gasteiger partial charge in [-0.05, 0) is 6.42 Å². The van der Waals surface area contributed by atoms with Crippen LogP contribution in [-0.2, 0) is 4.79 Å². The van der Waals surface area contributed by atoms with Gasteiger partial charge in [0, 0.05) is 6.54 Å². The molecule has 52 valence electrons. The van der Waals surface area contributed by atoms with Crippen molar-refractivity contribution in [3.05, 3.63) is 0 Å². The normalized spacial score (nSPS) is 36.0. The zero-order valence-corrected chi connectivity index (χ0v) is 6.24. The largest absolute Gasteiger partial charge is 0.355 e. The van der Waals surface area contributed by atoms with E-state index in [1.165, 1.54) is 0 Å². The predicted octanol–water partition coefficient (Wildman–Crippen LogP) is 0.721. The van der Waals surface area contributed by atoms with Crippen molar-refractivity contribution in [2.45, 2.75) is 17.2 Å². The second-order valence-corrected chi connectivity index (χ2v) is 3.03. The highest BCUT2D eigenvalue weighted by Crippen LogP contribution is 2.16. The van der Waals surface area contributed by atoms with Gasteiger partial charge in [-0.2, -0.15) is 0 Å². The standard InChI is InChI=1S/C5H7Cl2NO/c6-3-1-2-8-5(9)4(3)7/h3-4H,1-2H2,(H,8,9). The number of hydrogen-bond donors (Lipinski definition) is 1. The number of carbonyl (C=O) groups excluding carboxylic acids is 1. The van der Waals surface area contributed by atoms with E-state index in [1.54, 1.807) is 0 Å². The first kappa shape index (κ1) is 7.16. The molecule has 2 nitrogen and oxygen atoms in total. The van der Waals surface area contributed by atoms with Crippen molar-refractivity contribution in [1.29, 1.82) is 0 Å². The van der Waals surface area contributed by atoms with Crippen LogP contribution in [0, 0.1) is 0 Å². The Morgan fingerprint density at radius 2 is 2.22 bits per heavy atom. The van der Waals surface area contributed by atoms with Crippen LogP contribution in [0.1, 0.15) is 6.42 Å². The lowest BCUT2D eigenvalue weighted by Crippen LogP contribution is -2.43. The first-order chi connectivity index (χ1) is 4.22. The number of piperidine rings is 1.